The van der Waals surface area contributed by atoms with Crippen LogP contribution in [-0.4, -0.2) is 52.8 Å². The zero-order valence-electron chi connectivity index (χ0n) is 16.5. The van der Waals surface area contributed by atoms with E-state index in [1.54, 1.807) is 31.2 Å². The number of carbonyl (C=O) groups excluding carboxylic acids is 2. The van der Waals surface area contributed by atoms with Gasteiger partial charge in [0.15, 0.2) is 11.5 Å². The molecule has 0 bridgehead atoms. The van der Waals surface area contributed by atoms with Gasteiger partial charge < -0.3 is 23.7 Å². The number of carbonyl (C=O) groups is 2. The molecule has 2 aromatic rings. The third-order valence-corrected chi connectivity index (χ3v) is 5.09. The largest absolute Gasteiger partial charge is 0.503 e. The fourth-order valence-electron chi connectivity index (χ4n) is 3.55. The molecule has 1 aliphatic heterocycles. The number of furan rings is 2. The number of rotatable bonds is 9. The second-order valence-electron chi connectivity index (χ2n) is 6.80. The number of amides is 1. The Labute approximate surface area is 164 Å². The molecule has 2 aromatic heterocycles. The number of Topliss-reactive ketones (excluding diaryl/α,β-unsaturated/α-hetero) is 1. The topological polar surface area (TPSA) is 87.1 Å². The van der Waals surface area contributed by atoms with Crippen LogP contribution in [0.1, 0.15) is 48.4 Å². The van der Waals surface area contributed by atoms with E-state index in [4.69, 9.17) is 8.83 Å². The fourth-order valence-corrected chi connectivity index (χ4v) is 3.55. The summed E-state index contributed by atoms with van der Waals surface area (Å²) in [4.78, 5) is 29.5. The highest BCUT2D eigenvalue weighted by molar-refractivity contribution is 6.14. The predicted molar refractivity (Wildman–Crippen MR) is 103 cm³/mol. The van der Waals surface area contributed by atoms with Gasteiger partial charge in [0.05, 0.1) is 11.8 Å². The highest BCUT2D eigenvalue weighted by Gasteiger charge is 2.45. The standard InChI is InChI=1S/C21H26N2O5/c1-4-22(5-2)11-7-12-23-18(15-8-6-13-27-15)17(20(25)21(23)26)19(24)16-10-9-14(3)28-16/h6,8-10,13,18,25H,4-5,7,11-12H2,1-3H3/t18-/m0/s1. The molecule has 1 aliphatic rings. The van der Waals surface area contributed by atoms with Crippen molar-refractivity contribution >= 4 is 11.7 Å². The Morgan fingerprint density at radius 1 is 1.25 bits per heavy atom. The van der Waals surface area contributed by atoms with E-state index in [2.05, 4.69) is 18.7 Å². The van der Waals surface area contributed by atoms with E-state index in [1.807, 2.05) is 0 Å². The molecule has 0 aliphatic carbocycles. The van der Waals surface area contributed by atoms with Crippen LogP contribution in [-0.2, 0) is 4.79 Å². The fraction of sp³-hybridized carbons (Fsp3) is 0.429. The van der Waals surface area contributed by atoms with Crippen LogP contribution in [0.15, 0.2) is 50.7 Å². The van der Waals surface area contributed by atoms with E-state index in [1.165, 1.54) is 11.2 Å². The maximum atomic E-state index is 13.0. The molecule has 7 nitrogen and oxygen atoms in total. The van der Waals surface area contributed by atoms with Crippen molar-refractivity contribution < 1.29 is 23.5 Å². The summed E-state index contributed by atoms with van der Waals surface area (Å²) in [6.45, 7) is 8.99. The zero-order valence-corrected chi connectivity index (χ0v) is 16.5. The first-order valence-electron chi connectivity index (χ1n) is 9.58. The van der Waals surface area contributed by atoms with Crippen LogP contribution in [0.5, 0.6) is 0 Å². The van der Waals surface area contributed by atoms with Crippen molar-refractivity contribution in [3.63, 3.8) is 0 Å². The lowest BCUT2D eigenvalue weighted by Crippen LogP contribution is -2.34. The summed E-state index contributed by atoms with van der Waals surface area (Å²) in [5.74, 6) is -0.499. The Morgan fingerprint density at radius 3 is 2.57 bits per heavy atom. The number of nitrogens with zero attached hydrogens (tertiary/aromatic N) is 2. The van der Waals surface area contributed by atoms with Crippen LogP contribution in [0.4, 0.5) is 0 Å². The van der Waals surface area contributed by atoms with Gasteiger partial charge in [-0.2, -0.15) is 0 Å². The van der Waals surface area contributed by atoms with Crippen LogP contribution < -0.4 is 0 Å². The van der Waals surface area contributed by atoms with E-state index in [0.717, 1.165) is 26.1 Å². The van der Waals surface area contributed by atoms with E-state index >= 15 is 0 Å². The Balaban J connectivity index is 1.88. The van der Waals surface area contributed by atoms with Crippen molar-refractivity contribution in [2.75, 3.05) is 26.2 Å². The minimum atomic E-state index is -0.767. The Morgan fingerprint density at radius 2 is 2.00 bits per heavy atom. The van der Waals surface area contributed by atoms with Crippen LogP contribution in [0.2, 0.25) is 0 Å². The van der Waals surface area contributed by atoms with Gasteiger partial charge in [-0.1, -0.05) is 13.8 Å². The van der Waals surface area contributed by atoms with Gasteiger partial charge in [-0.05, 0) is 57.2 Å². The van der Waals surface area contributed by atoms with Gasteiger partial charge >= 0.3 is 0 Å². The number of aryl methyl sites for hydroxylation is 1. The molecule has 0 fully saturated rings. The Hall–Kier alpha value is -2.80. The average molecular weight is 386 g/mol. The summed E-state index contributed by atoms with van der Waals surface area (Å²) in [5, 5.41) is 10.5. The summed E-state index contributed by atoms with van der Waals surface area (Å²) < 4.78 is 10.9. The predicted octanol–water partition coefficient (Wildman–Crippen LogP) is 3.49. The summed E-state index contributed by atoms with van der Waals surface area (Å²) in [6.07, 6.45) is 2.21. The number of ketones is 1. The molecule has 3 rings (SSSR count). The summed E-state index contributed by atoms with van der Waals surface area (Å²) in [6, 6.07) is 5.85. The van der Waals surface area contributed by atoms with Gasteiger partial charge in [-0.3, -0.25) is 9.59 Å². The molecule has 150 valence electrons. The number of aliphatic hydroxyl groups excluding tert-OH is 1. The van der Waals surface area contributed by atoms with Crippen molar-refractivity contribution in [3.8, 4) is 0 Å². The second kappa shape index (κ2) is 8.48. The third-order valence-electron chi connectivity index (χ3n) is 5.09. The van der Waals surface area contributed by atoms with E-state index in [9.17, 15) is 14.7 Å². The second-order valence-corrected chi connectivity index (χ2v) is 6.80. The summed E-state index contributed by atoms with van der Waals surface area (Å²) in [7, 11) is 0. The molecule has 1 N–H and O–H groups in total. The SMILES string of the molecule is CCN(CC)CCCN1C(=O)C(O)=C(C(=O)c2ccc(C)o2)[C@@H]1c1ccco1. The van der Waals surface area contributed by atoms with Gasteiger partial charge in [-0.25, -0.2) is 0 Å². The lowest BCUT2D eigenvalue weighted by atomic mass is 9.99. The molecular weight excluding hydrogens is 360 g/mol. The lowest BCUT2D eigenvalue weighted by molar-refractivity contribution is -0.129. The van der Waals surface area contributed by atoms with E-state index in [0.29, 0.717) is 18.1 Å². The first-order valence-corrected chi connectivity index (χ1v) is 9.58. The van der Waals surface area contributed by atoms with E-state index in [-0.39, 0.29) is 11.3 Å². The quantitative estimate of drug-likeness (QED) is 0.664. The Bertz CT molecular complexity index is 861. The molecule has 0 saturated heterocycles. The minimum absolute atomic E-state index is 0.00265. The van der Waals surface area contributed by atoms with E-state index < -0.39 is 23.5 Å². The van der Waals surface area contributed by atoms with Gasteiger partial charge in [0.2, 0.25) is 5.78 Å². The number of hydrogen-bond donors (Lipinski definition) is 1. The summed E-state index contributed by atoms with van der Waals surface area (Å²) in [5.41, 5.74) is -0.00265. The van der Waals surface area contributed by atoms with Crippen molar-refractivity contribution in [2.24, 2.45) is 0 Å². The van der Waals surface area contributed by atoms with Crippen LogP contribution in [0.25, 0.3) is 0 Å². The van der Waals surface area contributed by atoms with Crippen LogP contribution >= 0.6 is 0 Å². The van der Waals surface area contributed by atoms with Gasteiger partial charge in [0.1, 0.15) is 17.6 Å². The van der Waals surface area contributed by atoms with Gasteiger partial charge in [0.25, 0.3) is 5.91 Å². The third kappa shape index (κ3) is 3.75. The van der Waals surface area contributed by atoms with Crippen molar-refractivity contribution in [3.05, 3.63) is 59.1 Å². The van der Waals surface area contributed by atoms with Crippen LogP contribution in [0.3, 0.4) is 0 Å². The molecular formula is C21H26N2O5. The normalized spacial score (nSPS) is 17.2. The minimum Gasteiger partial charge on any atom is -0.503 e. The first-order chi connectivity index (χ1) is 13.5. The van der Waals surface area contributed by atoms with Crippen LogP contribution in [0, 0.1) is 6.92 Å². The first kappa shape index (κ1) is 19.9. The molecule has 7 heteroatoms. The maximum Gasteiger partial charge on any atom is 0.290 e. The zero-order chi connectivity index (χ0) is 20.3. The molecule has 0 spiro atoms. The van der Waals surface area contributed by atoms with Crippen molar-refractivity contribution in [1.82, 2.24) is 9.80 Å². The van der Waals surface area contributed by atoms with Gasteiger partial charge in [-0.15, -0.1) is 0 Å². The molecule has 0 radical (unpaired) electrons. The molecule has 0 saturated carbocycles. The monoisotopic (exact) mass is 386 g/mol. The molecule has 28 heavy (non-hydrogen) atoms. The lowest BCUT2D eigenvalue weighted by Gasteiger charge is -2.26. The highest BCUT2D eigenvalue weighted by atomic mass is 16.3. The smallest absolute Gasteiger partial charge is 0.290 e. The highest BCUT2D eigenvalue weighted by Crippen LogP contribution is 2.39. The Kier molecular flexibility index (Phi) is 6.04. The maximum absolute atomic E-state index is 13.0. The summed E-state index contributed by atoms with van der Waals surface area (Å²) >= 11 is 0. The molecule has 0 aromatic carbocycles. The molecule has 1 atom stereocenters. The molecule has 3 heterocycles. The van der Waals surface area contributed by atoms with Crippen molar-refractivity contribution in [1.29, 1.82) is 0 Å². The average Bonchev–Trinajstić information content (AvgIpc) is 3.41. The number of hydrogen-bond acceptors (Lipinski definition) is 6. The van der Waals surface area contributed by atoms with Gasteiger partial charge in [0, 0.05) is 6.54 Å². The molecule has 1 amide bonds. The number of aliphatic hydroxyl groups is 1. The van der Waals surface area contributed by atoms with Crippen molar-refractivity contribution in [2.45, 2.75) is 33.2 Å². The molecule has 0 unspecified atom stereocenters.